The fourth-order valence-corrected chi connectivity index (χ4v) is 6.12. The van der Waals surface area contributed by atoms with Crippen LogP contribution < -0.4 is 18.9 Å². The summed E-state index contributed by atoms with van der Waals surface area (Å²) < 4.78 is 75.2. The number of carbonyl (C=O) groups is 1. The van der Waals surface area contributed by atoms with Gasteiger partial charge >= 0.3 is 0 Å². The molecule has 5 rings (SSSR count). The number of carbonyl (C=O) groups excluding carboxylic acids is 1. The van der Waals surface area contributed by atoms with E-state index in [0.717, 1.165) is 44.4 Å². The molecule has 45 heavy (non-hydrogen) atoms. The highest BCUT2D eigenvalue weighted by molar-refractivity contribution is 7.90. The van der Waals surface area contributed by atoms with Gasteiger partial charge in [-0.25, -0.2) is 17.5 Å². The van der Waals surface area contributed by atoms with Gasteiger partial charge in [-0.15, -0.1) is 0 Å². The van der Waals surface area contributed by atoms with Crippen LogP contribution in [0, 0.1) is 17.6 Å². The predicted octanol–water partition coefficient (Wildman–Crippen LogP) is 6.05. The first kappa shape index (κ1) is 32.6. The molecule has 3 aromatic rings. The van der Waals surface area contributed by atoms with E-state index in [1.54, 1.807) is 25.3 Å². The smallest absolute Gasteiger partial charge is 0.268 e. The van der Waals surface area contributed by atoms with Crippen molar-refractivity contribution < 1.29 is 36.2 Å². The molecule has 2 fully saturated rings. The van der Waals surface area contributed by atoms with Crippen molar-refractivity contribution in [1.82, 2.24) is 14.6 Å². The van der Waals surface area contributed by atoms with E-state index in [2.05, 4.69) is 30.8 Å². The van der Waals surface area contributed by atoms with Gasteiger partial charge in [-0.3, -0.25) is 9.78 Å². The van der Waals surface area contributed by atoms with Gasteiger partial charge in [-0.2, -0.15) is 4.39 Å². The number of rotatable bonds is 12. The van der Waals surface area contributed by atoms with E-state index in [0.29, 0.717) is 36.1 Å². The molecule has 1 saturated carbocycles. The zero-order chi connectivity index (χ0) is 32.4. The molecule has 1 amide bonds. The van der Waals surface area contributed by atoms with Crippen molar-refractivity contribution in [3.05, 3.63) is 77.6 Å². The van der Waals surface area contributed by atoms with Crippen molar-refractivity contribution in [3.63, 3.8) is 0 Å². The van der Waals surface area contributed by atoms with E-state index in [-0.39, 0.29) is 16.5 Å². The van der Waals surface area contributed by atoms with Crippen LogP contribution in [0.5, 0.6) is 17.2 Å². The molecule has 0 bridgehead atoms. The third kappa shape index (κ3) is 7.91. The molecule has 9 nitrogen and oxygen atoms in total. The molecule has 2 aromatic carbocycles. The predicted molar refractivity (Wildman–Crippen MR) is 164 cm³/mol. The minimum absolute atomic E-state index is 0.0243. The molecule has 1 aliphatic heterocycles. The molecule has 1 aromatic heterocycles. The van der Waals surface area contributed by atoms with Crippen molar-refractivity contribution >= 4 is 15.9 Å². The first-order valence-electron chi connectivity index (χ1n) is 15.1. The first-order chi connectivity index (χ1) is 21.4. The number of pyridine rings is 1. The van der Waals surface area contributed by atoms with Crippen LogP contribution >= 0.6 is 0 Å². The van der Waals surface area contributed by atoms with Crippen LogP contribution in [0.4, 0.5) is 8.78 Å². The number of hydrogen-bond donors (Lipinski definition) is 1. The van der Waals surface area contributed by atoms with Gasteiger partial charge in [0.15, 0.2) is 11.6 Å². The largest absolute Gasteiger partial charge is 0.492 e. The van der Waals surface area contributed by atoms with Gasteiger partial charge in [-0.1, -0.05) is 6.92 Å². The summed E-state index contributed by atoms with van der Waals surface area (Å²) in [6, 6.07) is 11.1. The SMILES string of the molecule is CC[C@@H](Oc1ccc(C(=O)NS(=O)(=O)c2ccc(OC3CCN(C)C(C)(C)C3)cc2)c(F)c1F)c1ccc(OCC2CC2)cn1. The Morgan fingerprint density at radius 3 is 2.38 bits per heavy atom. The zero-order valence-electron chi connectivity index (χ0n) is 25.9. The normalized spacial score (nSPS) is 19.0. The quantitative estimate of drug-likeness (QED) is 0.254. The fraction of sp³-hybridized carbons (Fsp3) is 0.455. The van der Waals surface area contributed by atoms with E-state index in [1.807, 2.05) is 4.72 Å². The van der Waals surface area contributed by atoms with E-state index in [1.165, 1.54) is 24.3 Å². The van der Waals surface area contributed by atoms with Crippen molar-refractivity contribution in [2.24, 2.45) is 5.92 Å². The van der Waals surface area contributed by atoms with Gasteiger partial charge in [0.25, 0.3) is 15.9 Å². The standard InChI is InChI=1S/C33H39F2N3O6S/c1-5-28(27-14-10-24(19-36-27)42-20-21-6-7-21)44-29-15-13-26(30(34)31(29)35)32(39)37-45(40,41)25-11-8-22(9-12-25)43-23-16-17-38(4)33(2,3)18-23/h8-15,19,21,23,28H,5-7,16-18,20H2,1-4H3,(H,37,39)/t23?,28-/m1/s1. The third-order valence-electron chi connectivity index (χ3n) is 8.41. The van der Waals surface area contributed by atoms with Crippen LogP contribution in [0.15, 0.2) is 59.6 Å². The maximum Gasteiger partial charge on any atom is 0.268 e. The second kappa shape index (κ2) is 13.3. The number of benzene rings is 2. The number of nitrogens with zero attached hydrogens (tertiary/aromatic N) is 2. The minimum atomic E-state index is -4.39. The summed E-state index contributed by atoms with van der Waals surface area (Å²) in [5.41, 5.74) is -0.312. The van der Waals surface area contributed by atoms with Gasteiger partial charge in [-0.05, 0) is 101 Å². The number of likely N-dealkylation sites (tertiary alicyclic amines) is 1. The molecular weight excluding hydrogens is 604 g/mol. The lowest BCUT2D eigenvalue weighted by Gasteiger charge is -2.43. The Morgan fingerprint density at radius 1 is 1.04 bits per heavy atom. The molecular formula is C33H39F2N3O6S. The van der Waals surface area contributed by atoms with Gasteiger partial charge in [0.1, 0.15) is 23.7 Å². The van der Waals surface area contributed by atoms with E-state index in [4.69, 9.17) is 14.2 Å². The number of ether oxygens (including phenoxy) is 3. The third-order valence-corrected chi connectivity index (χ3v) is 9.76. The summed E-state index contributed by atoms with van der Waals surface area (Å²) in [5, 5.41) is 0. The number of aromatic nitrogens is 1. The fourth-order valence-electron chi connectivity index (χ4n) is 5.15. The number of nitrogens with one attached hydrogen (secondary N) is 1. The van der Waals surface area contributed by atoms with Crippen molar-refractivity contribution in [1.29, 1.82) is 0 Å². The van der Waals surface area contributed by atoms with Crippen LogP contribution in [0.2, 0.25) is 0 Å². The van der Waals surface area contributed by atoms with Gasteiger partial charge < -0.3 is 19.1 Å². The molecule has 1 saturated heterocycles. The molecule has 2 heterocycles. The number of halogens is 2. The molecule has 0 spiro atoms. The van der Waals surface area contributed by atoms with Crippen LogP contribution in [0.3, 0.4) is 0 Å². The van der Waals surface area contributed by atoms with E-state index >= 15 is 8.78 Å². The summed E-state index contributed by atoms with van der Waals surface area (Å²) in [5.74, 6) is -3.00. The lowest BCUT2D eigenvalue weighted by molar-refractivity contribution is 0.0260. The second-order valence-corrected chi connectivity index (χ2v) is 14.0. The van der Waals surface area contributed by atoms with Crippen LogP contribution in [0.1, 0.15) is 75.0 Å². The molecule has 2 atom stereocenters. The number of amides is 1. The Balaban J connectivity index is 1.21. The molecule has 1 unspecified atom stereocenters. The number of hydrogen-bond acceptors (Lipinski definition) is 8. The maximum atomic E-state index is 15.1. The summed E-state index contributed by atoms with van der Waals surface area (Å²) >= 11 is 0. The van der Waals surface area contributed by atoms with Crippen molar-refractivity contribution in [3.8, 4) is 17.2 Å². The lowest BCUT2D eigenvalue weighted by Crippen LogP contribution is -2.50. The molecule has 2 aliphatic rings. The average Bonchev–Trinajstić information content (AvgIpc) is 3.84. The first-order valence-corrected chi connectivity index (χ1v) is 16.6. The Labute approximate surface area is 262 Å². The van der Waals surface area contributed by atoms with E-state index in [9.17, 15) is 13.2 Å². The second-order valence-electron chi connectivity index (χ2n) is 12.3. The minimum Gasteiger partial charge on any atom is -0.492 e. The monoisotopic (exact) mass is 643 g/mol. The summed E-state index contributed by atoms with van der Waals surface area (Å²) in [6.45, 7) is 7.60. The zero-order valence-corrected chi connectivity index (χ0v) is 26.7. The molecule has 242 valence electrons. The van der Waals surface area contributed by atoms with Crippen LogP contribution in [-0.2, 0) is 10.0 Å². The van der Waals surface area contributed by atoms with Gasteiger partial charge in [0, 0.05) is 18.5 Å². The van der Waals surface area contributed by atoms with Crippen LogP contribution in [0.25, 0.3) is 0 Å². The highest BCUT2D eigenvalue weighted by atomic mass is 32.2. The highest BCUT2D eigenvalue weighted by Gasteiger charge is 2.33. The topological polar surface area (TPSA) is 107 Å². The number of sulfonamides is 1. The molecule has 1 N–H and O–H groups in total. The Hall–Kier alpha value is -3.77. The molecule has 12 heteroatoms. The van der Waals surface area contributed by atoms with E-state index < -0.39 is 45.0 Å². The Bertz CT molecular complexity index is 1610. The molecule has 0 radical (unpaired) electrons. The summed E-state index contributed by atoms with van der Waals surface area (Å²) in [7, 11) is -2.32. The van der Waals surface area contributed by atoms with Gasteiger partial charge in [0.05, 0.1) is 29.0 Å². The number of piperidine rings is 1. The summed E-state index contributed by atoms with van der Waals surface area (Å²) in [4.78, 5) is 19.2. The Kier molecular flexibility index (Phi) is 9.64. The molecule has 1 aliphatic carbocycles. The Morgan fingerprint density at radius 2 is 1.76 bits per heavy atom. The van der Waals surface area contributed by atoms with Crippen LogP contribution in [-0.4, -0.2) is 56.1 Å². The average molecular weight is 644 g/mol. The van der Waals surface area contributed by atoms with Crippen molar-refractivity contribution in [2.45, 2.75) is 75.5 Å². The van der Waals surface area contributed by atoms with Gasteiger partial charge in [0.2, 0.25) is 5.82 Å². The summed E-state index contributed by atoms with van der Waals surface area (Å²) in [6.07, 6.45) is 5.21. The maximum absolute atomic E-state index is 15.1. The van der Waals surface area contributed by atoms with Crippen molar-refractivity contribution in [2.75, 3.05) is 20.2 Å². The lowest BCUT2D eigenvalue weighted by atomic mass is 9.89. The highest BCUT2D eigenvalue weighted by Crippen LogP contribution is 2.32.